The van der Waals surface area contributed by atoms with Gasteiger partial charge in [0.25, 0.3) is 0 Å². The average Bonchev–Trinajstić information content (AvgIpc) is 3.23. The zero-order valence-corrected chi connectivity index (χ0v) is 17.3. The quantitative estimate of drug-likeness (QED) is 0.442. The Morgan fingerprint density at radius 3 is 3.00 bits per heavy atom. The molecule has 158 valence electrons. The number of anilines is 1. The van der Waals surface area contributed by atoms with Crippen molar-refractivity contribution in [2.75, 3.05) is 11.9 Å². The van der Waals surface area contributed by atoms with Crippen molar-refractivity contribution in [3.8, 4) is 0 Å². The molecule has 3 aromatic heterocycles. The number of carbonyl (C=O) groups is 1. The summed E-state index contributed by atoms with van der Waals surface area (Å²) < 4.78 is 5.29. The maximum atomic E-state index is 11.3. The van der Waals surface area contributed by atoms with E-state index in [9.17, 15) is 9.90 Å². The molecule has 0 aromatic carbocycles. The van der Waals surface area contributed by atoms with E-state index in [0.717, 1.165) is 74.0 Å². The predicted molar refractivity (Wildman–Crippen MR) is 117 cm³/mol. The van der Waals surface area contributed by atoms with Gasteiger partial charge in [-0.15, -0.1) is 0 Å². The number of aliphatic carboxylic acids is 1. The Morgan fingerprint density at radius 2 is 2.10 bits per heavy atom. The van der Waals surface area contributed by atoms with Gasteiger partial charge in [0.05, 0.1) is 12.7 Å². The minimum absolute atomic E-state index is 0.0114. The van der Waals surface area contributed by atoms with Gasteiger partial charge in [-0.3, -0.25) is 4.79 Å². The maximum absolute atomic E-state index is 11.3. The molecular weight excluding hydrogens is 378 g/mol. The zero-order valence-electron chi connectivity index (χ0n) is 17.3. The summed E-state index contributed by atoms with van der Waals surface area (Å²) in [5.74, 6) is 0.292. The molecule has 3 aromatic rings. The molecule has 0 saturated carbocycles. The molecule has 0 aliphatic carbocycles. The zero-order chi connectivity index (χ0) is 20.8. The normalized spacial score (nSPS) is 14.3. The van der Waals surface area contributed by atoms with Crippen LogP contribution in [0.15, 0.2) is 41.1 Å². The molecule has 30 heavy (non-hydrogen) atoms. The maximum Gasteiger partial charge on any atom is 0.303 e. The fraction of sp³-hybridized carbons (Fsp3) is 0.458. The van der Waals surface area contributed by atoms with Gasteiger partial charge in [0.15, 0.2) is 0 Å². The van der Waals surface area contributed by atoms with E-state index in [1.165, 1.54) is 12.0 Å². The molecule has 0 amide bonds. The number of pyridine rings is 2. The molecule has 6 heteroatoms. The third kappa shape index (κ3) is 5.17. The van der Waals surface area contributed by atoms with E-state index in [1.807, 2.05) is 12.1 Å². The van der Waals surface area contributed by atoms with Crippen molar-refractivity contribution in [2.45, 2.75) is 63.7 Å². The lowest BCUT2D eigenvalue weighted by molar-refractivity contribution is -0.137. The summed E-state index contributed by atoms with van der Waals surface area (Å²) in [7, 11) is 0. The molecule has 4 rings (SSSR count). The molecule has 4 heterocycles. The van der Waals surface area contributed by atoms with Crippen LogP contribution in [0, 0.1) is 0 Å². The number of aromatic nitrogens is 2. The number of nitrogens with one attached hydrogen (secondary N) is 1. The number of carboxylic acid groups (broad SMARTS) is 1. The highest BCUT2D eigenvalue weighted by Crippen LogP contribution is 2.28. The predicted octanol–water partition coefficient (Wildman–Crippen LogP) is 5.33. The molecule has 0 saturated heterocycles. The van der Waals surface area contributed by atoms with Crippen LogP contribution in [0.4, 0.5) is 5.82 Å². The molecule has 0 fully saturated rings. The molecule has 0 radical (unpaired) electrons. The van der Waals surface area contributed by atoms with Crippen LogP contribution in [-0.2, 0) is 17.6 Å². The number of furan rings is 1. The number of rotatable bonds is 10. The second-order valence-electron chi connectivity index (χ2n) is 8.17. The monoisotopic (exact) mass is 407 g/mol. The molecule has 1 aliphatic heterocycles. The minimum Gasteiger partial charge on any atom is -0.481 e. The first-order valence-corrected chi connectivity index (χ1v) is 11.0. The van der Waals surface area contributed by atoms with Crippen molar-refractivity contribution >= 4 is 22.9 Å². The van der Waals surface area contributed by atoms with Gasteiger partial charge in [-0.1, -0.05) is 25.3 Å². The van der Waals surface area contributed by atoms with Crippen molar-refractivity contribution in [2.24, 2.45) is 0 Å². The van der Waals surface area contributed by atoms with Crippen LogP contribution < -0.4 is 5.32 Å². The van der Waals surface area contributed by atoms with Crippen molar-refractivity contribution in [1.29, 1.82) is 0 Å². The van der Waals surface area contributed by atoms with Crippen LogP contribution >= 0.6 is 0 Å². The Hall–Kier alpha value is -2.89. The minimum atomic E-state index is -0.764. The van der Waals surface area contributed by atoms with Gasteiger partial charge in [0.1, 0.15) is 5.82 Å². The SMILES string of the molecule is O=C(O)C[C@@H](CCCCCCc1ccc2c(n1)NCCC2)c1cnc2occc2c1. The van der Waals surface area contributed by atoms with Gasteiger partial charge in [-0.05, 0) is 67.3 Å². The summed E-state index contributed by atoms with van der Waals surface area (Å²) in [5.41, 5.74) is 4.07. The summed E-state index contributed by atoms with van der Waals surface area (Å²) in [5, 5.41) is 13.6. The lowest BCUT2D eigenvalue weighted by Gasteiger charge is -2.17. The number of nitrogens with zero attached hydrogens (tertiary/aromatic N) is 2. The molecule has 2 N–H and O–H groups in total. The van der Waals surface area contributed by atoms with Crippen LogP contribution in [0.3, 0.4) is 0 Å². The van der Waals surface area contributed by atoms with E-state index in [2.05, 4.69) is 22.4 Å². The Morgan fingerprint density at radius 1 is 1.20 bits per heavy atom. The number of carboxylic acids is 1. The Balaban J connectivity index is 1.24. The largest absolute Gasteiger partial charge is 0.481 e. The fourth-order valence-corrected chi connectivity index (χ4v) is 4.26. The smallest absolute Gasteiger partial charge is 0.303 e. The van der Waals surface area contributed by atoms with Gasteiger partial charge < -0.3 is 14.8 Å². The molecule has 1 aliphatic rings. The van der Waals surface area contributed by atoms with Gasteiger partial charge in [0.2, 0.25) is 5.71 Å². The van der Waals surface area contributed by atoms with Crippen molar-refractivity contribution in [3.63, 3.8) is 0 Å². The first-order valence-electron chi connectivity index (χ1n) is 11.0. The van der Waals surface area contributed by atoms with E-state index in [4.69, 9.17) is 9.40 Å². The van der Waals surface area contributed by atoms with Gasteiger partial charge in [0, 0.05) is 23.8 Å². The summed E-state index contributed by atoms with van der Waals surface area (Å²) in [6.07, 6.45) is 12.0. The van der Waals surface area contributed by atoms with E-state index in [1.54, 1.807) is 12.5 Å². The standard InChI is InChI=1S/C24H29N3O3/c28-22(29)15-18(20-14-19-11-13-30-24(19)26-16-20)6-3-1-2-4-8-21-10-9-17-7-5-12-25-23(17)27-21/h9-11,13-14,16,18H,1-8,12,15H2,(H,25,27)(H,28,29)/t18-/m1/s1. The second-order valence-corrected chi connectivity index (χ2v) is 8.17. The molecule has 1 atom stereocenters. The first kappa shape index (κ1) is 20.4. The number of hydrogen-bond acceptors (Lipinski definition) is 5. The topological polar surface area (TPSA) is 88.2 Å². The summed E-state index contributed by atoms with van der Waals surface area (Å²) in [6, 6.07) is 8.25. The third-order valence-electron chi connectivity index (χ3n) is 5.91. The number of fused-ring (bicyclic) bond motifs is 2. The lowest BCUT2D eigenvalue weighted by atomic mass is 9.90. The van der Waals surface area contributed by atoms with Crippen LogP contribution in [0.5, 0.6) is 0 Å². The summed E-state index contributed by atoms with van der Waals surface area (Å²) in [6.45, 7) is 1.02. The summed E-state index contributed by atoms with van der Waals surface area (Å²) in [4.78, 5) is 20.4. The van der Waals surface area contributed by atoms with Crippen molar-refractivity contribution in [3.05, 3.63) is 53.5 Å². The lowest BCUT2D eigenvalue weighted by Crippen LogP contribution is -2.13. The molecule has 6 nitrogen and oxygen atoms in total. The molecule has 0 unspecified atom stereocenters. The Bertz CT molecular complexity index is 998. The van der Waals surface area contributed by atoms with Crippen LogP contribution in [0.2, 0.25) is 0 Å². The second kappa shape index (κ2) is 9.74. The molecule has 0 spiro atoms. The number of hydrogen-bond donors (Lipinski definition) is 2. The van der Waals surface area contributed by atoms with E-state index < -0.39 is 5.97 Å². The highest BCUT2D eigenvalue weighted by molar-refractivity contribution is 5.74. The number of unbranched alkanes of at least 4 members (excludes halogenated alkanes) is 3. The van der Waals surface area contributed by atoms with Crippen molar-refractivity contribution < 1.29 is 14.3 Å². The fourth-order valence-electron chi connectivity index (χ4n) is 4.26. The van der Waals surface area contributed by atoms with Crippen molar-refractivity contribution in [1.82, 2.24) is 9.97 Å². The number of aryl methyl sites for hydroxylation is 2. The van der Waals surface area contributed by atoms with Crippen LogP contribution in [0.25, 0.3) is 11.1 Å². The van der Waals surface area contributed by atoms with E-state index >= 15 is 0 Å². The average molecular weight is 408 g/mol. The van der Waals surface area contributed by atoms with Crippen LogP contribution in [0.1, 0.15) is 67.7 Å². The third-order valence-corrected chi connectivity index (χ3v) is 5.91. The molecular formula is C24H29N3O3. The van der Waals surface area contributed by atoms with Crippen LogP contribution in [-0.4, -0.2) is 27.6 Å². The van der Waals surface area contributed by atoms with E-state index in [0.29, 0.717) is 5.71 Å². The molecule has 0 bridgehead atoms. The first-order chi connectivity index (χ1) is 14.7. The summed E-state index contributed by atoms with van der Waals surface area (Å²) >= 11 is 0. The Kier molecular flexibility index (Phi) is 6.62. The van der Waals surface area contributed by atoms with Gasteiger partial charge in [-0.25, -0.2) is 9.97 Å². The highest BCUT2D eigenvalue weighted by atomic mass is 16.4. The Labute approximate surface area is 176 Å². The highest BCUT2D eigenvalue weighted by Gasteiger charge is 2.17. The van der Waals surface area contributed by atoms with E-state index in [-0.39, 0.29) is 12.3 Å². The van der Waals surface area contributed by atoms with Gasteiger partial charge in [-0.2, -0.15) is 0 Å². The van der Waals surface area contributed by atoms with Gasteiger partial charge >= 0.3 is 5.97 Å².